The monoisotopic (exact) mass is 579 g/mol. The number of ether oxygens (including phenoxy) is 1. The van der Waals surface area contributed by atoms with E-state index in [4.69, 9.17) is 9.15 Å². The molecule has 1 aromatic heterocycles. The van der Waals surface area contributed by atoms with Gasteiger partial charge in [0.15, 0.2) is 11.6 Å². The molecule has 0 spiro atoms. The Balaban J connectivity index is 1.25. The van der Waals surface area contributed by atoms with Gasteiger partial charge in [0, 0.05) is 22.9 Å². The van der Waals surface area contributed by atoms with Gasteiger partial charge in [-0.3, -0.25) is 9.59 Å². The first kappa shape index (κ1) is 28.0. The molecule has 0 N–H and O–H groups in total. The largest absolute Gasteiger partial charge is 0.456 e. The molecule has 0 amide bonds. The summed E-state index contributed by atoms with van der Waals surface area (Å²) in [6, 6.07) is 26.1. The van der Waals surface area contributed by atoms with E-state index >= 15 is 0 Å². The van der Waals surface area contributed by atoms with E-state index < -0.39 is 5.92 Å². The number of Topliss-reactive ketones (excluding diaryl/α,β-unsaturated/α-hetero) is 2. The summed E-state index contributed by atoms with van der Waals surface area (Å²) in [5, 5.41) is 3.53. The van der Waals surface area contributed by atoms with Gasteiger partial charge in [0.2, 0.25) is 0 Å². The van der Waals surface area contributed by atoms with Crippen LogP contribution in [0.25, 0.3) is 40.2 Å². The van der Waals surface area contributed by atoms with Gasteiger partial charge < -0.3 is 4.74 Å². The second-order valence-corrected chi connectivity index (χ2v) is 13.9. The third-order valence-corrected chi connectivity index (χ3v) is 8.73. The molecule has 5 aromatic rings. The molecule has 4 aromatic carbocycles. The summed E-state index contributed by atoms with van der Waals surface area (Å²) >= 11 is 0. The fourth-order valence-corrected chi connectivity index (χ4v) is 6.00. The van der Waals surface area contributed by atoms with Gasteiger partial charge in [-0.1, -0.05) is 78.0 Å². The van der Waals surface area contributed by atoms with Gasteiger partial charge in [0.25, 0.3) is 0 Å². The van der Waals surface area contributed by atoms with Crippen LogP contribution in [0.2, 0.25) is 0 Å². The highest BCUT2D eigenvalue weighted by molar-refractivity contribution is 6.43. The Kier molecular flexibility index (Phi) is 6.26. The zero-order valence-corrected chi connectivity index (χ0v) is 25.9. The van der Waals surface area contributed by atoms with Crippen molar-refractivity contribution in [3.05, 3.63) is 117 Å². The normalized spacial score (nSPS) is 16.7. The van der Waals surface area contributed by atoms with E-state index in [2.05, 4.69) is 78.0 Å². The Labute approximate surface area is 257 Å². The van der Waals surface area contributed by atoms with Crippen LogP contribution in [0.3, 0.4) is 0 Å². The standard InChI is InChI=1S/C40H35O4/c1-39(2,3)27-13-15-33-25(17-27)21-29-23(9-7-11-35(29)43-33)19-31-37(41)32(38(31)42)20-24-10-8-12-36-30(24)22-26-18-28(40(4,5)6)14-16-34(26)44-36/h7-22,31H,1-6H3/q+1. The summed E-state index contributed by atoms with van der Waals surface area (Å²) < 4.78 is 12.5. The molecule has 4 heteroatoms. The first-order chi connectivity index (χ1) is 20.9. The quantitative estimate of drug-likeness (QED) is 0.0685. The fraction of sp³-hybridized carbons (Fsp3) is 0.225. The van der Waals surface area contributed by atoms with Crippen LogP contribution in [0.4, 0.5) is 0 Å². The predicted octanol–water partition coefficient (Wildman–Crippen LogP) is 8.03. The van der Waals surface area contributed by atoms with Crippen LogP contribution in [0.1, 0.15) is 63.8 Å². The number of fused-ring (bicyclic) bond motifs is 4. The van der Waals surface area contributed by atoms with Crippen LogP contribution >= 0.6 is 0 Å². The first-order valence-electron chi connectivity index (χ1n) is 15.1. The number of hydrogen-bond acceptors (Lipinski definition) is 3. The van der Waals surface area contributed by atoms with E-state index in [0.717, 1.165) is 43.7 Å². The Bertz CT molecular complexity index is 2190. The number of rotatable bonds is 2. The second-order valence-electron chi connectivity index (χ2n) is 13.9. The number of carbonyl (C=O) groups is 2. The summed E-state index contributed by atoms with van der Waals surface area (Å²) in [4.78, 5) is 26.8. The summed E-state index contributed by atoms with van der Waals surface area (Å²) in [6.07, 6.45) is 5.58. The van der Waals surface area contributed by atoms with Gasteiger partial charge in [-0.25, -0.2) is 4.42 Å². The van der Waals surface area contributed by atoms with Crippen LogP contribution in [0.15, 0.2) is 88.9 Å². The molecule has 218 valence electrons. The Morgan fingerprint density at radius 2 is 1.43 bits per heavy atom. The van der Waals surface area contributed by atoms with E-state index in [9.17, 15) is 9.59 Å². The maximum absolute atomic E-state index is 13.4. The third-order valence-electron chi connectivity index (χ3n) is 8.73. The van der Waals surface area contributed by atoms with E-state index in [1.165, 1.54) is 11.1 Å². The number of carbonyl (C=O) groups excluding carboxylic acids is 2. The number of ketones is 2. The summed E-state index contributed by atoms with van der Waals surface area (Å²) in [7, 11) is 0. The lowest BCUT2D eigenvalue weighted by Gasteiger charge is -2.24. The molecule has 1 saturated carbocycles. The highest BCUT2D eigenvalue weighted by Crippen LogP contribution is 2.35. The molecule has 4 nitrogen and oxygen atoms in total. The summed E-state index contributed by atoms with van der Waals surface area (Å²) in [5.41, 5.74) is 5.92. The molecule has 44 heavy (non-hydrogen) atoms. The van der Waals surface area contributed by atoms with Crippen molar-refractivity contribution in [2.45, 2.75) is 52.4 Å². The fourth-order valence-electron chi connectivity index (χ4n) is 6.00. The molecular formula is C40H35O4+. The summed E-state index contributed by atoms with van der Waals surface area (Å²) in [5.74, 6) is 0.339. The maximum Gasteiger partial charge on any atom is 0.361 e. The van der Waals surface area contributed by atoms with E-state index in [-0.39, 0.29) is 28.0 Å². The lowest BCUT2D eigenvalue weighted by atomic mass is 9.75. The van der Waals surface area contributed by atoms with Crippen molar-refractivity contribution in [3.63, 3.8) is 0 Å². The van der Waals surface area contributed by atoms with Gasteiger partial charge in [0.1, 0.15) is 17.4 Å². The predicted molar refractivity (Wildman–Crippen MR) is 177 cm³/mol. The van der Waals surface area contributed by atoms with Crippen LogP contribution in [0.5, 0.6) is 11.5 Å². The molecule has 1 aliphatic carbocycles. The molecule has 0 radical (unpaired) electrons. The molecule has 2 heterocycles. The molecule has 0 atom stereocenters. The molecule has 1 aliphatic heterocycles. The van der Waals surface area contributed by atoms with Crippen molar-refractivity contribution in [1.82, 2.24) is 0 Å². The van der Waals surface area contributed by atoms with Crippen molar-refractivity contribution in [2.24, 2.45) is 5.92 Å². The van der Waals surface area contributed by atoms with E-state index in [1.807, 2.05) is 48.5 Å². The Morgan fingerprint density at radius 1 is 0.727 bits per heavy atom. The van der Waals surface area contributed by atoms with Crippen LogP contribution in [-0.2, 0) is 20.4 Å². The van der Waals surface area contributed by atoms with Crippen molar-refractivity contribution in [3.8, 4) is 11.5 Å². The number of hydrogen-bond donors (Lipinski definition) is 0. The molecule has 0 saturated heterocycles. The van der Waals surface area contributed by atoms with Crippen LogP contribution < -0.4 is 15.2 Å². The zero-order chi connectivity index (χ0) is 31.0. The smallest absolute Gasteiger partial charge is 0.361 e. The molecule has 0 bridgehead atoms. The SMILES string of the molecule is CC(C)(C)c1ccc2c(c1)C=c1c(cccc1=CC1C(=O)C(=Cc3cccc4[o+]c5ccc(C(C)(C)C)cc5cc34)C1=O)O2. The highest BCUT2D eigenvalue weighted by atomic mass is 16.5. The second kappa shape index (κ2) is 9.85. The van der Waals surface area contributed by atoms with Crippen molar-refractivity contribution < 1.29 is 18.7 Å². The minimum Gasteiger partial charge on any atom is -0.456 e. The number of benzene rings is 4. The van der Waals surface area contributed by atoms with Gasteiger partial charge in [-0.2, -0.15) is 0 Å². The molecule has 0 unspecified atom stereocenters. The molecule has 7 rings (SSSR count). The van der Waals surface area contributed by atoms with Gasteiger partial charge >= 0.3 is 11.2 Å². The highest BCUT2D eigenvalue weighted by Gasteiger charge is 2.42. The van der Waals surface area contributed by atoms with E-state index in [0.29, 0.717) is 11.3 Å². The average molecular weight is 580 g/mol. The third kappa shape index (κ3) is 4.75. The van der Waals surface area contributed by atoms with Crippen molar-refractivity contribution >= 4 is 51.7 Å². The maximum atomic E-state index is 13.4. The summed E-state index contributed by atoms with van der Waals surface area (Å²) in [6.45, 7) is 13.1. The topological polar surface area (TPSA) is 54.7 Å². The van der Waals surface area contributed by atoms with Crippen molar-refractivity contribution in [1.29, 1.82) is 0 Å². The van der Waals surface area contributed by atoms with Gasteiger partial charge in [0.05, 0.1) is 16.3 Å². The Morgan fingerprint density at radius 3 is 2.18 bits per heavy atom. The first-order valence-corrected chi connectivity index (χ1v) is 15.1. The Hall–Kier alpha value is -4.83. The molecule has 2 aliphatic rings. The minimum absolute atomic E-state index is 0.00155. The van der Waals surface area contributed by atoms with E-state index in [1.54, 1.807) is 12.2 Å². The van der Waals surface area contributed by atoms with Crippen LogP contribution in [0, 0.1) is 5.92 Å². The lowest BCUT2D eigenvalue weighted by Crippen LogP contribution is -2.41. The van der Waals surface area contributed by atoms with Gasteiger partial charge in [-0.15, -0.1) is 0 Å². The van der Waals surface area contributed by atoms with Crippen molar-refractivity contribution in [2.75, 3.05) is 0 Å². The zero-order valence-electron chi connectivity index (χ0n) is 25.9. The minimum atomic E-state index is -0.821. The number of allylic oxidation sites excluding steroid dienone is 1. The molecular weight excluding hydrogens is 544 g/mol. The van der Waals surface area contributed by atoms with Crippen LogP contribution in [-0.4, -0.2) is 11.6 Å². The average Bonchev–Trinajstić information content (AvgIpc) is 2.99. The lowest BCUT2D eigenvalue weighted by molar-refractivity contribution is -0.133. The molecule has 1 fully saturated rings. The van der Waals surface area contributed by atoms with Gasteiger partial charge in [-0.05, 0) is 81.3 Å².